The number of hydrogen-bond acceptors (Lipinski definition) is 2. The van der Waals surface area contributed by atoms with Gasteiger partial charge in [0.2, 0.25) is 0 Å². The van der Waals surface area contributed by atoms with Gasteiger partial charge in [0.15, 0.2) is 0 Å². The summed E-state index contributed by atoms with van der Waals surface area (Å²) in [5.74, 6) is 0. The second kappa shape index (κ2) is 7.61. The molecule has 2 rings (SSSR count). The summed E-state index contributed by atoms with van der Waals surface area (Å²) < 4.78 is 0. The van der Waals surface area contributed by atoms with Gasteiger partial charge in [0.1, 0.15) is 0 Å². The van der Waals surface area contributed by atoms with Crippen molar-refractivity contribution in [3.05, 3.63) is 46.8 Å². The first-order valence-corrected chi connectivity index (χ1v) is 8.53. The highest BCUT2D eigenvalue weighted by atomic mass is 32.1. The van der Waals surface area contributed by atoms with E-state index in [0.717, 1.165) is 19.4 Å². The molecule has 2 aromatic rings. The summed E-state index contributed by atoms with van der Waals surface area (Å²) in [6, 6.07) is 13.9. The predicted molar refractivity (Wildman–Crippen MR) is 90.5 cm³/mol. The third-order valence-electron chi connectivity index (χ3n) is 3.63. The summed E-state index contributed by atoms with van der Waals surface area (Å²) in [7, 11) is 0. The largest absolute Gasteiger partial charge is 0.310 e. The molecule has 0 fully saturated rings. The van der Waals surface area contributed by atoms with Crippen LogP contribution >= 0.6 is 11.3 Å². The fourth-order valence-electron chi connectivity index (χ4n) is 2.63. The maximum absolute atomic E-state index is 3.56. The van der Waals surface area contributed by atoms with Crippen molar-refractivity contribution in [3.63, 3.8) is 0 Å². The minimum Gasteiger partial charge on any atom is -0.310 e. The Labute approximate surface area is 127 Å². The molecule has 1 aromatic heterocycles. The van der Waals surface area contributed by atoms with Crippen LogP contribution in [0.15, 0.2) is 36.4 Å². The van der Waals surface area contributed by atoms with Crippen LogP contribution in [0.5, 0.6) is 0 Å². The first-order valence-electron chi connectivity index (χ1n) is 7.71. The molecule has 1 unspecified atom stereocenters. The van der Waals surface area contributed by atoms with E-state index in [-0.39, 0.29) is 0 Å². The third-order valence-corrected chi connectivity index (χ3v) is 4.86. The van der Waals surface area contributed by atoms with E-state index >= 15 is 0 Å². The predicted octanol–water partition coefficient (Wildman–Crippen LogP) is 5.43. The van der Waals surface area contributed by atoms with Crippen molar-refractivity contribution in [2.45, 2.75) is 46.1 Å². The van der Waals surface area contributed by atoms with Gasteiger partial charge < -0.3 is 5.32 Å². The normalized spacial score (nSPS) is 12.6. The standard InChI is InChI=1S/C18H25NS/c1-4-9-14-10-7-8-11-15(14)17-12-13-18(20-17)16(5-2)19-6-3/h7-8,10-13,16,19H,4-6,9H2,1-3H3. The average molecular weight is 287 g/mol. The van der Waals surface area contributed by atoms with Gasteiger partial charge in [-0.05, 0) is 42.6 Å². The molecule has 108 valence electrons. The molecule has 1 atom stereocenters. The van der Waals surface area contributed by atoms with Gasteiger partial charge in [0.25, 0.3) is 0 Å². The Morgan fingerprint density at radius 2 is 1.85 bits per heavy atom. The lowest BCUT2D eigenvalue weighted by molar-refractivity contribution is 0.545. The van der Waals surface area contributed by atoms with Gasteiger partial charge in [-0.25, -0.2) is 0 Å². The van der Waals surface area contributed by atoms with Crippen LogP contribution in [-0.2, 0) is 6.42 Å². The lowest BCUT2D eigenvalue weighted by atomic mass is 10.0. The highest BCUT2D eigenvalue weighted by Gasteiger charge is 2.12. The van der Waals surface area contributed by atoms with Crippen molar-refractivity contribution in [1.29, 1.82) is 0 Å². The van der Waals surface area contributed by atoms with Gasteiger partial charge in [0, 0.05) is 15.8 Å². The molecule has 1 nitrogen and oxygen atoms in total. The van der Waals surface area contributed by atoms with Crippen LogP contribution in [0.1, 0.15) is 50.1 Å². The SMILES string of the molecule is CCCc1ccccc1-c1ccc(C(CC)NCC)s1. The van der Waals surface area contributed by atoms with Gasteiger partial charge >= 0.3 is 0 Å². The van der Waals surface area contributed by atoms with Gasteiger partial charge in [-0.1, -0.05) is 51.5 Å². The van der Waals surface area contributed by atoms with Crippen molar-refractivity contribution in [3.8, 4) is 10.4 Å². The Morgan fingerprint density at radius 1 is 1.05 bits per heavy atom. The van der Waals surface area contributed by atoms with Crippen LogP contribution in [0.4, 0.5) is 0 Å². The Balaban J connectivity index is 2.28. The molecule has 0 amide bonds. The quantitative estimate of drug-likeness (QED) is 0.716. The van der Waals surface area contributed by atoms with E-state index in [1.807, 2.05) is 11.3 Å². The molecule has 0 saturated heterocycles. The minimum atomic E-state index is 0.497. The highest BCUT2D eigenvalue weighted by Crippen LogP contribution is 2.34. The number of thiophene rings is 1. The Hall–Kier alpha value is -1.12. The number of nitrogens with one attached hydrogen (secondary N) is 1. The van der Waals surface area contributed by atoms with Gasteiger partial charge in [-0.15, -0.1) is 11.3 Å². The number of hydrogen-bond donors (Lipinski definition) is 1. The van der Waals surface area contributed by atoms with Crippen LogP contribution < -0.4 is 5.32 Å². The zero-order chi connectivity index (χ0) is 14.4. The molecule has 0 aliphatic heterocycles. The van der Waals surface area contributed by atoms with Crippen LogP contribution in [0.25, 0.3) is 10.4 Å². The van der Waals surface area contributed by atoms with Gasteiger partial charge in [-0.2, -0.15) is 0 Å². The molecular weight excluding hydrogens is 262 g/mol. The van der Waals surface area contributed by atoms with Crippen molar-refractivity contribution < 1.29 is 0 Å². The maximum Gasteiger partial charge on any atom is 0.0412 e. The Morgan fingerprint density at radius 3 is 2.55 bits per heavy atom. The van der Waals surface area contributed by atoms with Crippen molar-refractivity contribution in [2.75, 3.05) is 6.54 Å². The zero-order valence-corrected chi connectivity index (χ0v) is 13.6. The van der Waals surface area contributed by atoms with E-state index < -0.39 is 0 Å². The monoisotopic (exact) mass is 287 g/mol. The first-order chi connectivity index (χ1) is 9.80. The summed E-state index contributed by atoms with van der Waals surface area (Å²) in [6.45, 7) is 7.69. The van der Waals surface area contributed by atoms with Crippen LogP contribution in [0, 0.1) is 0 Å². The molecule has 20 heavy (non-hydrogen) atoms. The van der Waals surface area contributed by atoms with Crippen molar-refractivity contribution in [1.82, 2.24) is 5.32 Å². The summed E-state index contributed by atoms with van der Waals surface area (Å²) in [4.78, 5) is 2.86. The molecule has 0 spiro atoms. The third kappa shape index (κ3) is 3.50. The molecule has 2 heteroatoms. The lowest BCUT2D eigenvalue weighted by Gasteiger charge is -2.13. The fourth-order valence-corrected chi connectivity index (χ4v) is 3.85. The molecule has 0 aliphatic rings. The second-order valence-corrected chi connectivity index (χ2v) is 6.24. The summed E-state index contributed by atoms with van der Waals surface area (Å²) in [5, 5.41) is 3.56. The topological polar surface area (TPSA) is 12.0 Å². The van der Waals surface area contributed by atoms with Crippen LogP contribution in [0.2, 0.25) is 0 Å². The Bertz CT molecular complexity index is 530. The second-order valence-electron chi connectivity index (χ2n) is 5.13. The lowest BCUT2D eigenvalue weighted by Crippen LogP contribution is -2.18. The van der Waals surface area contributed by atoms with E-state index in [4.69, 9.17) is 0 Å². The number of aryl methyl sites for hydroxylation is 1. The summed E-state index contributed by atoms with van der Waals surface area (Å²) in [5.41, 5.74) is 2.89. The van der Waals surface area contributed by atoms with Crippen LogP contribution in [0.3, 0.4) is 0 Å². The summed E-state index contributed by atoms with van der Waals surface area (Å²) >= 11 is 1.94. The maximum atomic E-state index is 3.56. The molecule has 1 heterocycles. The van der Waals surface area contributed by atoms with Gasteiger partial charge in [-0.3, -0.25) is 0 Å². The molecule has 0 bridgehead atoms. The smallest absolute Gasteiger partial charge is 0.0412 e. The number of rotatable bonds is 7. The number of benzene rings is 1. The van der Waals surface area contributed by atoms with Crippen molar-refractivity contribution in [2.24, 2.45) is 0 Å². The van der Waals surface area contributed by atoms with E-state index in [0.29, 0.717) is 6.04 Å². The van der Waals surface area contributed by atoms with E-state index in [2.05, 4.69) is 62.5 Å². The minimum absolute atomic E-state index is 0.497. The van der Waals surface area contributed by atoms with Crippen molar-refractivity contribution >= 4 is 11.3 Å². The molecule has 0 saturated carbocycles. The molecule has 1 N–H and O–H groups in total. The van der Waals surface area contributed by atoms with Gasteiger partial charge in [0.05, 0.1) is 0 Å². The highest BCUT2D eigenvalue weighted by molar-refractivity contribution is 7.15. The van der Waals surface area contributed by atoms with Crippen LogP contribution in [-0.4, -0.2) is 6.54 Å². The Kier molecular flexibility index (Phi) is 5.81. The first kappa shape index (κ1) is 15.3. The fraction of sp³-hybridized carbons (Fsp3) is 0.444. The average Bonchev–Trinajstić information content (AvgIpc) is 2.95. The molecular formula is C18H25NS. The van der Waals surface area contributed by atoms with E-state index in [1.54, 1.807) is 0 Å². The van der Waals surface area contributed by atoms with E-state index in [1.165, 1.54) is 27.3 Å². The molecule has 0 radical (unpaired) electrons. The summed E-state index contributed by atoms with van der Waals surface area (Å²) in [6.07, 6.45) is 3.50. The zero-order valence-electron chi connectivity index (χ0n) is 12.8. The molecule has 0 aliphatic carbocycles. The van der Waals surface area contributed by atoms with E-state index in [9.17, 15) is 0 Å². The molecule has 1 aromatic carbocycles.